The first-order chi connectivity index (χ1) is 7.69. The van der Waals surface area contributed by atoms with Crippen molar-refractivity contribution in [3.8, 4) is 0 Å². The first-order valence-corrected chi connectivity index (χ1v) is 6.19. The lowest BCUT2D eigenvalue weighted by Crippen LogP contribution is -2.33. The average molecular weight is 221 g/mol. The summed E-state index contributed by atoms with van der Waals surface area (Å²) in [5.74, 6) is 0.985. The van der Waals surface area contributed by atoms with Crippen molar-refractivity contribution in [2.75, 3.05) is 0 Å². The fourth-order valence-electron chi connectivity index (χ4n) is 2.05. The number of hydrogen-bond donors (Lipinski definition) is 1. The van der Waals surface area contributed by atoms with Crippen LogP contribution >= 0.6 is 0 Å². The summed E-state index contributed by atoms with van der Waals surface area (Å²) in [6.45, 7) is 5.40. The molecule has 2 fully saturated rings. The van der Waals surface area contributed by atoms with Crippen LogP contribution in [0.4, 0.5) is 0 Å². The molecule has 16 heavy (non-hydrogen) atoms. The number of rotatable bonds is 5. The molecular formula is C11H19N5. The molecule has 1 unspecified atom stereocenters. The van der Waals surface area contributed by atoms with Crippen molar-refractivity contribution in [3.63, 3.8) is 0 Å². The van der Waals surface area contributed by atoms with E-state index in [2.05, 4.69) is 34.7 Å². The Morgan fingerprint density at radius 2 is 2.25 bits per heavy atom. The Morgan fingerprint density at radius 1 is 1.50 bits per heavy atom. The maximum absolute atomic E-state index is 4.09. The third kappa shape index (κ3) is 1.84. The number of aromatic nitrogens is 4. The smallest absolute Gasteiger partial charge is 0.165 e. The van der Waals surface area contributed by atoms with E-state index in [0.717, 1.165) is 12.4 Å². The molecule has 5 heteroatoms. The topological polar surface area (TPSA) is 55.6 Å². The van der Waals surface area contributed by atoms with Gasteiger partial charge >= 0.3 is 0 Å². The van der Waals surface area contributed by atoms with Gasteiger partial charge in [0.1, 0.15) is 0 Å². The zero-order chi connectivity index (χ0) is 11.2. The van der Waals surface area contributed by atoms with Gasteiger partial charge in [-0.3, -0.25) is 0 Å². The van der Waals surface area contributed by atoms with E-state index >= 15 is 0 Å². The number of hydrogen-bond acceptors (Lipinski definition) is 4. The Morgan fingerprint density at radius 3 is 2.88 bits per heavy atom. The summed E-state index contributed by atoms with van der Waals surface area (Å²) >= 11 is 0. The van der Waals surface area contributed by atoms with Crippen LogP contribution in [-0.2, 0) is 6.54 Å². The van der Waals surface area contributed by atoms with E-state index in [1.54, 1.807) is 0 Å². The van der Waals surface area contributed by atoms with Crippen molar-refractivity contribution in [2.45, 2.75) is 58.2 Å². The van der Waals surface area contributed by atoms with E-state index in [0.29, 0.717) is 17.5 Å². The Bertz CT molecular complexity index is 377. The molecule has 0 aliphatic heterocycles. The Balaban J connectivity index is 1.59. The molecule has 1 atom stereocenters. The highest BCUT2D eigenvalue weighted by Gasteiger charge is 2.42. The zero-order valence-electron chi connectivity index (χ0n) is 9.98. The largest absolute Gasteiger partial charge is 0.307 e. The lowest BCUT2D eigenvalue weighted by Gasteiger charge is -2.19. The van der Waals surface area contributed by atoms with Crippen molar-refractivity contribution >= 4 is 0 Å². The van der Waals surface area contributed by atoms with Crippen LogP contribution in [-0.4, -0.2) is 26.2 Å². The van der Waals surface area contributed by atoms with Gasteiger partial charge in [0, 0.05) is 6.04 Å². The minimum Gasteiger partial charge on any atom is -0.307 e. The van der Waals surface area contributed by atoms with Crippen molar-refractivity contribution in [1.29, 1.82) is 0 Å². The third-order valence-corrected chi connectivity index (χ3v) is 4.10. The highest BCUT2D eigenvalue weighted by Crippen LogP contribution is 2.48. The van der Waals surface area contributed by atoms with Crippen LogP contribution in [0.3, 0.4) is 0 Å². The molecule has 5 nitrogen and oxygen atoms in total. The number of nitrogens with one attached hydrogen (secondary N) is 1. The van der Waals surface area contributed by atoms with Crippen LogP contribution in [0.25, 0.3) is 0 Å². The lowest BCUT2D eigenvalue weighted by atomic mass is 10.0. The molecule has 0 bridgehead atoms. The van der Waals surface area contributed by atoms with E-state index in [-0.39, 0.29) is 0 Å². The molecule has 88 valence electrons. The van der Waals surface area contributed by atoms with E-state index < -0.39 is 0 Å². The summed E-state index contributed by atoms with van der Waals surface area (Å²) in [6.07, 6.45) is 5.14. The number of tetrazole rings is 1. The predicted octanol–water partition coefficient (Wildman–Crippen LogP) is 1.29. The SMILES string of the molecule is CC(NCc1nnnn1C1CC1)C1(C)CC1. The summed E-state index contributed by atoms with van der Waals surface area (Å²) in [4.78, 5) is 0. The Kier molecular flexibility index (Phi) is 2.24. The molecule has 0 aromatic carbocycles. The van der Waals surface area contributed by atoms with Crippen LogP contribution in [0.15, 0.2) is 0 Å². The standard InChI is InChI=1S/C11H19N5/c1-8(11(2)5-6-11)12-7-10-13-14-15-16(10)9-3-4-9/h8-9,12H,3-7H2,1-2H3. The van der Waals surface area contributed by atoms with Gasteiger partial charge in [-0.05, 0) is 48.4 Å². The number of nitrogens with zero attached hydrogens (tertiary/aromatic N) is 4. The second-order valence-corrected chi connectivity index (χ2v) is 5.53. The second-order valence-electron chi connectivity index (χ2n) is 5.53. The van der Waals surface area contributed by atoms with Crippen molar-refractivity contribution < 1.29 is 0 Å². The van der Waals surface area contributed by atoms with Crippen molar-refractivity contribution in [2.24, 2.45) is 5.41 Å². The highest BCUT2D eigenvalue weighted by atomic mass is 15.6. The van der Waals surface area contributed by atoms with Gasteiger partial charge in [0.2, 0.25) is 0 Å². The van der Waals surface area contributed by atoms with Crippen molar-refractivity contribution in [1.82, 2.24) is 25.5 Å². The van der Waals surface area contributed by atoms with E-state index in [9.17, 15) is 0 Å². The zero-order valence-corrected chi connectivity index (χ0v) is 9.98. The summed E-state index contributed by atoms with van der Waals surface area (Å²) in [5.41, 5.74) is 0.512. The summed E-state index contributed by atoms with van der Waals surface area (Å²) in [7, 11) is 0. The fourth-order valence-corrected chi connectivity index (χ4v) is 2.05. The predicted molar refractivity (Wildman–Crippen MR) is 59.7 cm³/mol. The van der Waals surface area contributed by atoms with Crippen LogP contribution in [0, 0.1) is 5.41 Å². The first-order valence-electron chi connectivity index (χ1n) is 6.19. The quantitative estimate of drug-likeness (QED) is 0.814. The molecule has 2 aliphatic rings. The average Bonchev–Trinajstić information content (AvgIpc) is 3.19. The van der Waals surface area contributed by atoms with Crippen LogP contribution in [0.1, 0.15) is 51.4 Å². The summed E-state index contributed by atoms with van der Waals surface area (Å²) < 4.78 is 1.98. The van der Waals surface area contributed by atoms with Crippen LogP contribution in [0.2, 0.25) is 0 Å². The maximum Gasteiger partial charge on any atom is 0.165 e. The molecule has 0 spiro atoms. The summed E-state index contributed by atoms with van der Waals surface area (Å²) in [5, 5.41) is 15.4. The van der Waals surface area contributed by atoms with Crippen LogP contribution < -0.4 is 5.32 Å². The van der Waals surface area contributed by atoms with Gasteiger partial charge in [-0.1, -0.05) is 6.92 Å². The molecule has 2 saturated carbocycles. The molecule has 1 aromatic rings. The molecule has 0 saturated heterocycles. The molecule has 1 aromatic heterocycles. The minimum absolute atomic E-state index is 0.512. The van der Waals surface area contributed by atoms with Gasteiger partial charge in [0.05, 0.1) is 12.6 Å². The van der Waals surface area contributed by atoms with Gasteiger partial charge in [0.25, 0.3) is 0 Å². The van der Waals surface area contributed by atoms with E-state index in [1.807, 2.05) is 4.68 Å². The van der Waals surface area contributed by atoms with Crippen molar-refractivity contribution in [3.05, 3.63) is 5.82 Å². The lowest BCUT2D eigenvalue weighted by molar-refractivity contribution is 0.371. The van der Waals surface area contributed by atoms with Gasteiger partial charge in [-0.25, -0.2) is 4.68 Å². The van der Waals surface area contributed by atoms with Crippen LogP contribution in [0.5, 0.6) is 0 Å². The first kappa shape index (κ1) is 10.2. The Hall–Kier alpha value is -0.970. The highest BCUT2D eigenvalue weighted by molar-refractivity contribution is 4.98. The van der Waals surface area contributed by atoms with Gasteiger partial charge in [-0.2, -0.15) is 0 Å². The van der Waals surface area contributed by atoms with E-state index in [1.165, 1.54) is 25.7 Å². The maximum atomic E-state index is 4.09. The minimum atomic E-state index is 0.512. The monoisotopic (exact) mass is 221 g/mol. The molecule has 1 heterocycles. The third-order valence-electron chi connectivity index (χ3n) is 4.10. The molecule has 0 amide bonds. The van der Waals surface area contributed by atoms with Gasteiger partial charge in [0.15, 0.2) is 5.82 Å². The van der Waals surface area contributed by atoms with E-state index in [4.69, 9.17) is 0 Å². The summed E-state index contributed by atoms with van der Waals surface area (Å²) in [6, 6.07) is 1.12. The second kappa shape index (κ2) is 3.52. The molecule has 0 radical (unpaired) electrons. The molecular weight excluding hydrogens is 202 g/mol. The fraction of sp³-hybridized carbons (Fsp3) is 0.909. The molecule has 2 aliphatic carbocycles. The Labute approximate surface area is 95.6 Å². The molecule has 3 rings (SSSR count). The van der Waals surface area contributed by atoms with Gasteiger partial charge < -0.3 is 5.32 Å². The molecule has 1 N–H and O–H groups in total. The van der Waals surface area contributed by atoms with Gasteiger partial charge in [-0.15, -0.1) is 5.10 Å². The normalized spacial score (nSPS) is 24.4.